The number of benzene rings is 1. The molecule has 0 saturated carbocycles. The van der Waals surface area contributed by atoms with E-state index in [4.69, 9.17) is 10.2 Å². The molecule has 0 aliphatic rings. The molecule has 1 atom stereocenters. The van der Waals surface area contributed by atoms with Crippen LogP contribution in [0.3, 0.4) is 0 Å². The average molecular weight is 370 g/mol. The van der Waals surface area contributed by atoms with E-state index in [0.717, 1.165) is 4.68 Å². The summed E-state index contributed by atoms with van der Waals surface area (Å²) in [5.74, 6) is 0.439. The first-order valence-corrected chi connectivity index (χ1v) is 8.29. The van der Waals surface area contributed by atoms with Gasteiger partial charge >= 0.3 is 0 Å². The van der Waals surface area contributed by atoms with E-state index in [1.54, 1.807) is 19.9 Å². The molecule has 3 aromatic rings. The van der Waals surface area contributed by atoms with Gasteiger partial charge in [-0.25, -0.2) is 9.07 Å². The second-order valence-electron chi connectivity index (χ2n) is 6.23. The molecule has 8 heteroatoms. The molecule has 2 heterocycles. The highest BCUT2D eigenvalue weighted by Gasteiger charge is 2.21. The number of amides is 1. The Morgan fingerprint density at radius 2 is 1.93 bits per heavy atom. The van der Waals surface area contributed by atoms with Crippen LogP contribution in [0.15, 0.2) is 45.6 Å². The van der Waals surface area contributed by atoms with Crippen LogP contribution in [0.1, 0.15) is 24.5 Å². The average Bonchev–Trinajstić information content (AvgIpc) is 2.97. The third kappa shape index (κ3) is 3.74. The number of nitrogens with one attached hydrogen (secondary N) is 1. The monoisotopic (exact) mass is 370 g/mol. The quantitative estimate of drug-likeness (QED) is 0.735. The van der Waals surface area contributed by atoms with Gasteiger partial charge in [-0.1, -0.05) is 0 Å². The highest BCUT2D eigenvalue weighted by atomic mass is 19.1. The predicted molar refractivity (Wildman–Crippen MR) is 99.8 cm³/mol. The van der Waals surface area contributed by atoms with Gasteiger partial charge in [-0.3, -0.25) is 9.59 Å². The van der Waals surface area contributed by atoms with Gasteiger partial charge < -0.3 is 15.5 Å². The Labute approximate surface area is 154 Å². The Kier molecular flexibility index (Phi) is 4.81. The molecule has 0 aliphatic heterocycles. The van der Waals surface area contributed by atoms with Crippen LogP contribution in [-0.2, 0) is 4.79 Å². The summed E-state index contributed by atoms with van der Waals surface area (Å²) >= 11 is 0. The fourth-order valence-corrected chi connectivity index (χ4v) is 2.70. The number of furan rings is 1. The van der Waals surface area contributed by atoms with Crippen molar-refractivity contribution in [3.63, 3.8) is 0 Å². The number of nitrogens with two attached hydrogens (primary N) is 1. The van der Waals surface area contributed by atoms with Crippen molar-refractivity contribution in [1.29, 1.82) is 0 Å². The van der Waals surface area contributed by atoms with E-state index in [1.165, 1.54) is 37.3 Å². The van der Waals surface area contributed by atoms with Gasteiger partial charge in [0, 0.05) is 11.3 Å². The van der Waals surface area contributed by atoms with Crippen molar-refractivity contribution in [2.75, 3.05) is 11.1 Å². The van der Waals surface area contributed by atoms with E-state index in [0.29, 0.717) is 28.5 Å². The third-order valence-corrected chi connectivity index (χ3v) is 4.14. The predicted octanol–water partition coefficient (Wildman–Crippen LogP) is 3.04. The number of carbonyl (C=O) groups excluding carboxylic acids is 1. The van der Waals surface area contributed by atoms with Crippen LogP contribution >= 0.6 is 0 Å². The number of hydrogen-bond donors (Lipinski definition) is 2. The molecule has 140 valence electrons. The molecule has 1 amide bonds. The lowest BCUT2D eigenvalue weighted by Crippen LogP contribution is -2.34. The van der Waals surface area contributed by atoms with Gasteiger partial charge in [0.15, 0.2) is 0 Å². The lowest BCUT2D eigenvalue weighted by atomic mass is 10.1. The molecular weight excluding hydrogens is 351 g/mol. The molecule has 0 spiro atoms. The van der Waals surface area contributed by atoms with Crippen molar-refractivity contribution in [2.45, 2.75) is 26.8 Å². The minimum Gasteiger partial charge on any atom is -0.466 e. The summed E-state index contributed by atoms with van der Waals surface area (Å²) in [7, 11) is 0. The highest BCUT2D eigenvalue weighted by Crippen LogP contribution is 2.25. The third-order valence-electron chi connectivity index (χ3n) is 4.14. The summed E-state index contributed by atoms with van der Waals surface area (Å²) < 4.78 is 19.5. The zero-order valence-electron chi connectivity index (χ0n) is 15.1. The molecule has 1 aromatic carbocycles. The van der Waals surface area contributed by atoms with Crippen molar-refractivity contribution < 1.29 is 13.6 Å². The number of aromatic nitrogens is 2. The van der Waals surface area contributed by atoms with Gasteiger partial charge in [0.25, 0.3) is 5.56 Å². The first kappa shape index (κ1) is 18.4. The van der Waals surface area contributed by atoms with Crippen molar-refractivity contribution in [3.8, 4) is 11.3 Å². The molecule has 0 fully saturated rings. The second-order valence-corrected chi connectivity index (χ2v) is 6.23. The zero-order chi connectivity index (χ0) is 19.7. The van der Waals surface area contributed by atoms with E-state index in [-0.39, 0.29) is 5.69 Å². The van der Waals surface area contributed by atoms with Crippen molar-refractivity contribution >= 4 is 17.3 Å². The van der Waals surface area contributed by atoms with Crippen LogP contribution in [0.2, 0.25) is 0 Å². The molecule has 0 aliphatic carbocycles. The van der Waals surface area contributed by atoms with E-state index >= 15 is 0 Å². The van der Waals surface area contributed by atoms with Gasteiger partial charge in [0.2, 0.25) is 5.91 Å². The summed E-state index contributed by atoms with van der Waals surface area (Å²) in [4.78, 5) is 24.9. The summed E-state index contributed by atoms with van der Waals surface area (Å²) in [5.41, 5.74) is 6.78. The first-order valence-electron chi connectivity index (χ1n) is 8.29. The lowest BCUT2D eigenvalue weighted by Gasteiger charge is -2.15. The number of rotatable bonds is 4. The fraction of sp³-hybridized carbons (Fsp3) is 0.211. The van der Waals surface area contributed by atoms with E-state index < -0.39 is 23.3 Å². The maximum Gasteiger partial charge on any atom is 0.290 e. The Bertz CT molecular complexity index is 1050. The number of anilines is 2. The summed E-state index contributed by atoms with van der Waals surface area (Å²) in [6, 6.07) is 7.63. The van der Waals surface area contributed by atoms with Gasteiger partial charge in [0.05, 0.1) is 5.69 Å². The molecule has 1 unspecified atom stereocenters. The highest BCUT2D eigenvalue weighted by molar-refractivity contribution is 5.93. The maximum atomic E-state index is 13.0. The maximum absolute atomic E-state index is 13.0. The first-order chi connectivity index (χ1) is 12.8. The van der Waals surface area contributed by atoms with Crippen LogP contribution in [0.5, 0.6) is 0 Å². The second kappa shape index (κ2) is 7.06. The van der Waals surface area contributed by atoms with Crippen molar-refractivity contribution in [1.82, 2.24) is 9.78 Å². The fourth-order valence-electron chi connectivity index (χ4n) is 2.70. The molecule has 3 N–H and O–H groups in total. The van der Waals surface area contributed by atoms with Crippen molar-refractivity contribution in [2.24, 2.45) is 0 Å². The summed E-state index contributed by atoms with van der Waals surface area (Å²) in [6.07, 6.45) is 0. The number of halogens is 1. The lowest BCUT2D eigenvalue weighted by molar-refractivity contribution is -0.119. The molecular formula is C19H19FN4O3. The SMILES string of the molecule is Cc1cc(-c2cc(N)c(=O)n(C(C)C(=O)Nc3ccc(F)cc3)n2)c(C)o1. The molecule has 0 saturated heterocycles. The van der Waals surface area contributed by atoms with Gasteiger partial charge in [-0.05, 0) is 57.2 Å². The van der Waals surface area contributed by atoms with Gasteiger partial charge in [-0.15, -0.1) is 0 Å². The van der Waals surface area contributed by atoms with Crippen LogP contribution < -0.4 is 16.6 Å². The largest absolute Gasteiger partial charge is 0.466 e. The van der Waals surface area contributed by atoms with E-state index in [9.17, 15) is 14.0 Å². The molecule has 2 aromatic heterocycles. The van der Waals surface area contributed by atoms with Gasteiger partial charge in [0.1, 0.15) is 29.1 Å². The standard InChI is InChI=1S/C19H19FN4O3/c1-10-8-15(12(3)27-10)17-9-16(21)19(26)24(23-17)11(2)18(25)22-14-6-4-13(20)5-7-14/h4-9,11H,21H2,1-3H3,(H,22,25). The summed E-state index contributed by atoms with van der Waals surface area (Å²) in [5, 5.41) is 6.92. The minimum absolute atomic E-state index is 0.0281. The topological polar surface area (TPSA) is 103 Å². The number of nitrogen functional groups attached to an aromatic ring is 1. The van der Waals surface area contributed by atoms with Crippen molar-refractivity contribution in [3.05, 3.63) is 64.1 Å². The smallest absolute Gasteiger partial charge is 0.290 e. The minimum atomic E-state index is -0.932. The van der Waals surface area contributed by atoms with Crippen LogP contribution in [-0.4, -0.2) is 15.7 Å². The van der Waals surface area contributed by atoms with Crippen LogP contribution in [0, 0.1) is 19.7 Å². The normalized spacial score (nSPS) is 12.0. The molecule has 7 nitrogen and oxygen atoms in total. The molecule has 27 heavy (non-hydrogen) atoms. The molecule has 0 bridgehead atoms. The van der Waals surface area contributed by atoms with Crippen LogP contribution in [0.4, 0.5) is 15.8 Å². The van der Waals surface area contributed by atoms with Gasteiger partial charge in [-0.2, -0.15) is 5.10 Å². The number of aryl methyl sites for hydroxylation is 2. The Hall–Kier alpha value is -3.42. The van der Waals surface area contributed by atoms with E-state index in [2.05, 4.69) is 10.4 Å². The summed E-state index contributed by atoms with van der Waals surface area (Å²) in [6.45, 7) is 5.11. The Morgan fingerprint density at radius 1 is 1.26 bits per heavy atom. The zero-order valence-corrected chi connectivity index (χ0v) is 15.1. The molecule has 0 radical (unpaired) electrons. The number of nitrogens with zero attached hydrogens (tertiary/aromatic N) is 2. The number of carbonyl (C=O) groups is 1. The van der Waals surface area contributed by atoms with E-state index in [1.807, 2.05) is 0 Å². The van der Waals surface area contributed by atoms with Crippen LogP contribution in [0.25, 0.3) is 11.3 Å². The Morgan fingerprint density at radius 3 is 2.52 bits per heavy atom. The number of hydrogen-bond acceptors (Lipinski definition) is 5. The Balaban J connectivity index is 1.95. The molecule has 3 rings (SSSR count).